The molecule has 0 spiro atoms. The molecule has 0 atom stereocenters. The summed E-state index contributed by atoms with van der Waals surface area (Å²) in [6.07, 6.45) is 0.441. The third-order valence-electron chi connectivity index (χ3n) is 1.98. The molecule has 1 aromatic rings. The zero-order valence-electron chi connectivity index (χ0n) is 11.4. The van der Waals surface area contributed by atoms with Crippen molar-refractivity contribution in [3.63, 3.8) is 0 Å². The number of nitrogens with one attached hydrogen (secondary N) is 1. The lowest BCUT2D eigenvalue weighted by atomic mass is 10.2. The molecule has 4 nitrogen and oxygen atoms in total. The van der Waals surface area contributed by atoms with Crippen LogP contribution in [0.2, 0.25) is 0 Å². The summed E-state index contributed by atoms with van der Waals surface area (Å²) in [6, 6.07) is 7.31. The van der Waals surface area contributed by atoms with Crippen molar-refractivity contribution in [2.75, 3.05) is 11.9 Å². The largest absolute Gasteiger partial charge is 0.491 e. The van der Waals surface area contributed by atoms with Crippen LogP contribution in [0.3, 0.4) is 0 Å². The Morgan fingerprint density at radius 2 is 1.94 bits per heavy atom. The van der Waals surface area contributed by atoms with E-state index in [0.717, 1.165) is 6.42 Å². The van der Waals surface area contributed by atoms with Gasteiger partial charge in [-0.2, -0.15) is 0 Å². The maximum atomic E-state index is 11.7. The highest BCUT2D eigenvalue weighted by Crippen LogP contribution is 2.24. The summed E-state index contributed by atoms with van der Waals surface area (Å²) in [6.45, 7) is 8.13. The van der Waals surface area contributed by atoms with Crippen LogP contribution in [0.5, 0.6) is 5.75 Å². The van der Waals surface area contributed by atoms with E-state index in [0.29, 0.717) is 18.0 Å². The van der Waals surface area contributed by atoms with Crippen LogP contribution in [0.4, 0.5) is 10.5 Å². The molecule has 1 amide bonds. The molecular formula is C14H21NO3. The first-order valence-electron chi connectivity index (χ1n) is 6.14. The summed E-state index contributed by atoms with van der Waals surface area (Å²) in [7, 11) is 0. The number of rotatable bonds is 4. The van der Waals surface area contributed by atoms with E-state index in [9.17, 15) is 4.79 Å². The van der Waals surface area contributed by atoms with Gasteiger partial charge in [0.1, 0.15) is 11.4 Å². The Labute approximate surface area is 108 Å². The lowest BCUT2D eigenvalue weighted by molar-refractivity contribution is 0.0635. The van der Waals surface area contributed by atoms with E-state index in [-0.39, 0.29) is 0 Å². The van der Waals surface area contributed by atoms with E-state index in [4.69, 9.17) is 9.47 Å². The number of carbonyl (C=O) groups excluding carboxylic acids is 1. The fourth-order valence-electron chi connectivity index (χ4n) is 1.32. The Balaban J connectivity index is 2.68. The van der Waals surface area contributed by atoms with Gasteiger partial charge in [-0.05, 0) is 39.3 Å². The van der Waals surface area contributed by atoms with Crippen molar-refractivity contribution in [3.05, 3.63) is 24.3 Å². The first kappa shape index (κ1) is 14.4. The van der Waals surface area contributed by atoms with E-state index in [1.54, 1.807) is 6.07 Å². The van der Waals surface area contributed by atoms with Gasteiger partial charge in [0.2, 0.25) is 0 Å². The van der Waals surface area contributed by atoms with Gasteiger partial charge in [0.25, 0.3) is 0 Å². The summed E-state index contributed by atoms with van der Waals surface area (Å²) in [5.41, 5.74) is 0.115. The second kappa shape index (κ2) is 6.28. The second-order valence-corrected chi connectivity index (χ2v) is 4.97. The van der Waals surface area contributed by atoms with Gasteiger partial charge < -0.3 is 9.47 Å². The molecule has 1 rings (SSSR count). The van der Waals surface area contributed by atoms with Gasteiger partial charge in [-0.15, -0.1) is 0 Å². The monoisotopic (exact) mass is 251 g/mol. The molecule has 1 N–H and O–H groups in total. The Morgan fingerprint density at radius 1 is 1.28 bits per heavy atom. The SMILES string of the molecule is CCCOc1ccccc1NC(=O)OC(C)(C)C. The van der Waals surface area contributed by atoms with Crippen molar-refractivity contribution < 1.29 is 14.3 Å². The first-order chi connectivity index (χ1) is 8.42. The number of para-hydroxylation sites is 2. The molecule has 0 saturated carbocycles. The summed E-state index contributed by atoms with van der Waals surface area (Å²) in [5, 5.41) is 2.69. The fraction of sp³-hybridized carbons (Fsp3) is 0.500. The van der Waals surface area contributed by atoms with Crippen LogP contribution in [0.25, 0.3) is 0 Å². The van der Waals surface area contributed by atoms with Crippen LogP contribution >= 0.6 is 0 Å². The number of amides is 1. The summed E-state index contributed by atoms with van der Waals surface area (Å²) in [5.74, 6) is 0.658. The van der Waals surface area contributed by atoms with Crippen LogP contribution in [-0.4, -0.2) is 18.3 Å². The van der Waals surface area contributed by atoms with E-state index in [2.05, 4.69) is 5.32 Å². The third-order valence-corrected chi connectivity index (χ3v) is 1.98. The van der Waals surface area contributed by atoms with Crippen LogP contribution in [0.15, 0.2) is 24.3 Å². The number of ether oxygens (including phenoxy) is 2. The molecule has 0 unspecified atom stereocenters. The summed E-state index contributed by atoms with van der Waals surface area (Å²) < 4.78 is 10.7. The van der Waals surface area contributed by atoms with Gasteiger partial charge in [0, 0.05) is 0 Å². The lowest BCUT2D eigenvalue weighted by Crippen LogP contribution is -2.27. The van der Waals surface area contributed by atoms with Crippen LogP contribution in [0, 0.1) is 0 Å². The topological polar surface area (TPSA) is 47.6 Å². The molecule has 0 aliphatic carbocycles. The first-order valence-corrected chi connectivity index (χ1v) is 6.14. The van der Waals surface area contributed by atoms with Gasteiger partial charge in [-0.25, -0.2) is 4.79 Å². The van der Waals surface area contributed by atoms with Crippen molar-refractivity contribution in [3.8, 4) is 5.75 Å². The van der Waals surface area contributed by atoms with Crippen molar-refractivity contribution in [2.45, 2.75) is 39.7 Å². The molecule has 4 heteroatoms. The van der Waals surface area contributed by atoms with E-state index < -0.39 is 11.7 Å². The zero-order valence-corrected chi connectivity index (χ0v) is 11.4. The second-order valence-electron chi connectivity index (χ2n) is 4.97. The average molecular weight is 251 g/mol. The minimum atomic E-state index is -0.511. The fourth-order valence-corrected chi connectivity index (χ4v) is 1.32. The maximum absolute atomic E-state index is 11.7. The third kappa shape index (κ3) is 5.08. The average Bonchev–Trinajstić information content (AvgIpc) is 2.25. The number of hydrogen-bond acceptors (Lipinski definition) is 3. The summed E-state index contributed by atoms with van der Waals surface area (Å²) in [4.78, 5) is 11.7. The van der Waals surface area contributed by atoms with Crippen LogP contribution < -0.4 is 10.1 Å². The number of carbonyl (C=O) groups is 1. The molecule has 0 aliphatic rings. The summed E-state index contributed by atoms with van der Waals surface area (Å²) >= 11 is 0. The minimum absolute atomic E-state index is 0.477. The quantitative estimate of drug-likeness (QED) is 0.884. The van der Waals surface area contributed by atoms with Gasteiger partial charge in [0.05, 0.1) is 12.3 Å². The molecule has 0 aromatic heterocycles. The van der Waals surface area contributed by atoms with Gasteiger partial charge in [0.15, 0.2) is 0 Å². The predicted molar refractivity (Wildman–Crippen MR) is 72.1 cm³/mol. The molecule has 100 valence electrons. The highest BCUT2D eigenvalue weighted by molar-refractivity contribution is 5.86. The molecule has 1 aromatic carbocycles. The van der Waals surface area contributed by atoms with E-state index >= 15 is 0 Å². The zero-order chi connectivity index (χ0) is 13.6. The molecule has 0 bridgehead atoms. The highest BCUT2D eigenvalue weighted by Gasteiger charge is 2.17. The van der Waals surface area contributed by atoms with Gasteiger partial charge >= 0.3 is 6.09 Å². The van der Waals surface area contributed by atoms with Crippen molar-refractivity contribution >= 4 is 11.8 Å². The van der Waals surface area contributed by atoms with Crippen molar-refractivity contribution in [1.82, 2.24) is 0 Å². The molecule has 0 fully saturated rings. The van der Waals surface area contributed by atoms with Gasteiger partial charge in [-0.3, -0.25) is 5.32 Å². The Bertz CT molecular complexity index is 396. The predicted octanol–water partition coefficient (Wildman–Crippen LogP) is 3.82. The Morgan fingerprint density at radius 3 is 2.56 bits per heavy atom. The maximum Gasteiger partial charge on any atom is 0.412 e. The standard InChI is InChI=1S/C14H21NO3/c1-5-10-17-12-9-7-6-8-11(12)15-13(16)18-14(2,3)4/h6-9H,5,10H2,1-4H3,(H,15,16). The number of benzene rings is 1. The molecule has 0 heterocycles. The number of hydrogen-bond donors (Lipinski definition) is 1. The van der Waals surface area contributed by atoms with Crippen LogP contribution in [-0.2, 0) is 4.74 Å². The molecule has 0 aliphatic heterocycles. The molecule has 0 saturated heterocycles. The highest BCUT2D eigenvalue weighted by atomic mass is 16.6. The van der Waals surface area contributed by atoms with Crippen LogP contribution in [0.1, 0.15) is 34.1 Å². The lowest BCUT2D eigenvalue weighted by Gasteiger charge is -2.20. The smallest absolute Gasteiger partial charge is 0.412 e. The van der Waals surface area contributed by atoms with E-state index in [1.807, 2.05) is 45.9 Å². The normalized spacial score (nSPS) is 10.9. The van der Waals surface area contributed by atoms with E-state index in [1.165, 1.54) is 0 Å². The Hall–Kier alpha value is -1.71. The number of anilines is 1. The Kier molecular flexibility index (Phi) is 5.01. The molecular weight excluding hydrogens is 230 g/mol. The molecule has 0 radical (unpaired) electrons. The van der Waals surface area contributed by atoms with Crippen molar-refractivity contribution in [2.24, 2.45) is 0 Å². The van der Waals surface area contributed by atoms with Crippen molar-refractivity contribution in [1.29, 1.82) is 0 Å². The van der Waals surface area contributed by atoms with Gasteiger partial charge in [-0.1, -0.05) is 19.1 Å². The minimum Gasteiger partial charge on any atom is -0.491 e. The molecule has 18 heavy (non-hydrogen) atoms.